The van der Waals surface area contributed by atoms with Crippen LogP contribution < -0.4 is 9.64 Å². The third-order valence-electron chi connectivity index (χ3n) is 3.71. The van der Waals surface area contributed by atoms with Crippen LogP contribution in [0.5, 0.6) is 11.5 Å². The summed E-state index contributed by atoms with van der Waals surface area (Å²) in [6, 6.07) is 12.8. The standard InChI is InChI=1S/C17H19NO/c1-11(2)13-6-7-14-17(10-13)19-16-8-5-12(3)9-15(16)18(14)4/h5-11H,1-4H3. The van der Waals surface area contributed by atoms with Gasteiger partial charge in [-0.3, -0.25) is 0 Å². The molecule has 0 fully saturated rings. The Morgan fingerprint density at radius 3 is 2.47 bits per heavy atom. The lowest BCUT2D eigenvalue weighted by Gasteiger charge is -2.30. The van der Waals surface area contributed by atoms with E-state index in [-0.39, 0.29) is 0 Å². The Morgan fingerprint density at radius 1 is 0.947 bits per heavy atom. The van der Waals surface area contributed by atoms with E-state index in [1.807, 2.05) is 6.07 Å². The number of aryl methyl sites for hydroxylation is 1. The summed E-state index contributed by atoms with van der Waals surface area (Å²) in [5.74, 6) is 2.39. The Labute approximate surface area is 114 Å². The van der Waals surface area contributed by atoms with E-state index in [0.29, 0.717) is 5.92 Å². The molecule has 0 unspecified atom stereocenters. The highest BCUT2D eigenvalue weighted by Gasteiger charge is 2.22. The Hall–Kier alpha value is -1.96. The first kappa shape index (κ1) is 12.1. The number of nitrogens with zero attached hydrogens (tertiary/aromatic N) is 1. The molecule has 1 heterocycles. The average Bonchev–Trinajstić information content (AvgIpc) is 2.39. The molecule has 2 nitrogen and oxygen atoms in total. The van der Waals surface area contributed by atoms with Crippen molar-refractivity contribution in [2.24, 2.45) is 0 Å². The van der Waals surface area contributed by atoms with Crippen LogP contribution in [0, 0.1) is 6.92 Å². The van der Waals surface area contributed by atoms with Gasteiger partial charge in [0, 0.05) is 7.05 Å². The van der Waals surface area contributed by atoms with E-state index in [4.69, 9.17) is 4.74 Å². The zero-order chi connectivity index (χ0) is 13.6. The summed E-state index contributed by atoms with van der Waals surface area (Å²) in [5, 5.41) is 0. The topological polar surface area (TPSA) is 12.5 Å². The lowest BCUT2D eigenvalue weighted by atomic mass is 10.0. The van der Waals surface area contributed by atoms with Crippen molar-refractivity contribution >= 4 is 11.4 Å². The molecule has 0 bridgehead atoms. The summed E-state index contributed by atoms with van der Waals surface area (Å²) in [6.07, 6.45) is 0. The minimum Gasteiger partial charge on any atom is -0.453 e. The van der Waals surface area contributed by atoms with Crippen LogP contribution in [0.4, 0.5) is 11.4 Å². The summed E-state index contributed by atoms with van der Waals surface area (Å²) in [7, 11) is 2.09. The molecule has 0 amide bonds. The smallest absolute Gasteiger partial charge is 0.151 e. The van der Waals surface area contributed by atoms with Crippen LogP contribution >= 0.6 is 0 Å². The quantitative estimate of drug-likeness (QED) is 0.709. The second-order valence-electron chi connectivity index (χ2n) is 5.51. The van der Waals surface area contributed by atoms with Crippen molar-refractivity contribution in [3.05, 3.63) is 47.5 Å². The van der Waals surface area contributed by atoms with Gasteiger partial charge in [0.05, 0.1) is 11.4 Å². The monoisotopic (exact) mass is 253 g/mol. The van der Waals surface area contributed by atoms with Gasteiger partial charge in [-0.25, -0.2) is 0 Å². The normalized spacial score (nSPS) is 13.0. The summed E-state index contributed by atoms with van der Waals surface area (Å²) in [4.78, 5) is 2.20. The van der Waals surface area contributed by atoms with Gasteiger partial charge in [0.2, 0.25) is 0 Å². The average molecular weight is 253 g/mol. The fourth-order valence-electron chi connectivity index (χ4n) is 2.47. The zero-order valence-corrected chi connectivity index (χ0v) is 11.9. The van der Waals surface area contributed by atoms with Gasteiger partial charge in [-0.15, -0.1) is 0 Å². The van der Waals surface area contributed by atoms with Crippen LogP contribution in [0.15, 0.2) is 36.4 Å². The van der Waals surface area contributed by atoms with Crippen LogP contribution in [0.3, 0.4) is 0 Å². The van der Waals surface area contributed by atoms with E-state index in [1.54, 1.807) is 0 Å². The first-order chi connectivity index (χ1) is 9.06. The SMILES string of the molecule is Cc1ccc2c(c1)N(C)c1ccc(C(C)C)cc1O2. The van der Waals surface area contributed by atoms with Crippen molar-refractivity contribution in [1.82, 2.24) is 0 Å². The molecule has 0 spiro atoms. The van der Waals surface area contributed by atoms with Gasteiger partial charge in [-0.05, 0) is 48.2 Å². The number of hydrogen-bond donors (Lipinski definition) is 0. The van der Waals surface area contributed by atoms with E-state index in [9.17, 15) is 0 Å². The van der Waals surface area contributed by atoms with Crippen molar-refractivity contribution < 1.29 is 4.74 Å². The molecule has 19 heavy (non-hydrogen) atoms. The van der Waals surface area contributed by atoms with Crippen molar-refractivity contribution in [1.29, 1.82) is 0 Å². The maximum Gasteiger partial charge on any atom is 0.151 e. The number of anilines is 2. The highest BCUT2D eigenvalue weighted by Crippen LogP contribution is 2.46. The number of benzene rings is 2. The van der Waals surface area contributed by atoms with Crippen molar-refractivity contribution in [2.75, 3.05) is 11.9 Å². The number of hydrogen-bond acceptors (Lipinski definition) is 2. The van der Waals surface area contributed by atoms with Gasteiger partial charge in [-0.2, -0.15) is 0 Å². The Bertz CT molecular complexity index is 631. The molecule has 0 N–H and O–H groups in total. The van der Waals surface area contributed by atoms with Crippen molar-refractivity contribution in [3.63, 3.8) is 0 Å². The molecule has 1 aliphatic rings. The van der Waals surface area contributed by atoms with E-state index < -0.39 is 0 Å². The minimum atomic E-state index is 0.513. The van der Waals surface area contributed by atoms with E-state index >= 15 is 0 Å². The van der Waals surface area contributed by atoms with Crippen LogP contribution in [0.25, 0.3) is 0 Å². The molecule has 0 saturated heterocycles. The maximum absolute atomic E-state index is 6.05. The molecule has 0 saturated carbocycles. The summed E-state index contributed by atoms with van der Waals surface area (Å²) in [6.45, 7) is 6.50. The molecule has 0 aromatic heterocycles. The predicted octanol–water partition coefficient (Wildman–Crippen LogP) is 4.99. The van der Waals surface area contributed by atoms with Gasteiger partial charge in [-0.1, -0.05) is 26.0 Å². The van der Waals surface area contributed by atoms with E-state index in [1.165, 1.54) is 11.1 Å². The maximum atomic E-state index is 6.05. The molecule has 0 aliphatic carbocycles. The zero-order valence-electron chi connectivity index (χ0n) is 11.9. The van der Waals surface area contributed by atoms with Gasteiger partial charge >= 0.3 is 0 Å². The first-order valence-electron chi connectivity index (χ1n) is 6.72. The third kappa shape index (κ3) is 1.97. The molecule has 1 aliphatic heterocycles. The van der Waals surface area contributed by atoms with Crippen LogP contribution in [0.2, 0.25) is 0 Å². The number of ether oxygens (including phenoxy) is 1. The second-order valence-corrected chi connectivity index (χ2v) is 5.51. The van der Waals surface area contributed by atoms with Crippen LogP contribution in [-0.4, -0.2) is 7.05 Å². The molecule has 98 valence electrons. The summed E-state index contributed by atoms with van der Waals surface area (Å²) >= 11 is 0. The van der Waals surface area contributed by atoms with Gasteiger partial charge in [0.25, 0.3) is 0 Å². The highest BCUT2D eigenvalue weighted by molar-refractivity contribution is 5.78. The van der Waals surface area contributed by atoms with Crippen molar-refractivity contribution in [3.8, 4) is 11.5 Å². The molecule has 2 heteroatoms. The molecule has 0 radical (unpaired) electrons. The summed E-state index contributed by atoms with van der Waals surface area (Å²) < 4.78 is 6.05. The van der Waals surface area contributed by atoms with Crippen LogP contribution in [0.1, 0.15) is 30.9 Å². The number of rotatable bonds is 1. The molecule has 0 atom stereocenters. The largest absolute Gasteiger partial charge is 0.453 e. The Kier molecular flexibility index (Phi) is 2.74. The second kappa shape index (κ2) is 4.30. The molecule has 2 aromatic carbocycles. The lowest BCUT2D eigenvalue weighted by molar-refractivity contribution is 0.474. The minimum absolute atomic E-state index is 0.513. The van der Waals surface area contributed by atoms with Gasteiger partial charge in [0.1, 0.15) is 0 Å². The highest BCUT2D eigenvalue weighted by atomic mass is 16.5. The van der Waals surface area contributed by atoms with Gasteiger partial charge < -0.3 is 9.64 Å². The Balaban J connectivity index is 2.10. The summed E-state index contributed by atoms with van der Waals surface area (Å²) in [5.41, 5.74) is 4.81. The fourth-order valence-corrected chi connectivity index (χ4v) is 2.47. The molecule has 3 rings (SSSR count). The lowest BCUT2D eigenvalue weighted by Crippen LogP contribution is -2.16. The first-order valence-corrected chi connectivity index (χ1v) is 6.72. The van der Waals surface area contributed by atoms with E-state index in [0.717, 1.165) is 22.9 Å². The fraction of sp³-hybridized carbons (Fsp3) is 0.294. The number of fused-ring (bicyclic) bond motifs is 2. The van der Waals surface area contributed by atoms with Crippen molar-refractivity contribution in [2.45, 2.75) is 26.7 Å². The molecular formula is C17H19NO. The van der Waals surface area contributed by atoms with Crippen LogP contribution in [-0.2, 0) is 0 Å². The molecule has 2 aromatic rings. The molecular weight excluding hydrogens is 234 g/mol. The van der Waals surface area contributed by atoms with E-state index in [2.05, 4.69) is 63.1 Å². The van der Waals surface area contributed by atoms with Gasteiger partial charge in [0.15, 0.2) is 11.5 Å². The Morgan fingerprint density at radius 2 is 1.74 bits per heavy atom. The predicted molar refractivity (Wildman–Crippen MR) is 79.8 cm³/mol. The third-order valence-corrected chi connectivity index (χ3v) is 3.71.